The molecule has 2 N–H and O–H groups in total. The highest BCUT2D eigenvalue weighted by molar-refractivity contribution is 5.94. The van der Waals surface area contributed by atoms with E-state index in [0.717, 1.165) is 5.57 Å². The van der Waals surface area contributed by atoms with Crippen LogP contribution in [0.1, 0.15) is 67.2 Å². The van der Waals surface area contributed by atoms with E-state index in [1.807, 2.05) is 20.8 Å². The molecule has 3 unspecified atom stereocenters. The molecule has 0 aromatic heterocycles. The summed E-state index contributed by atoms with van der Waals surface area (Å²) in [4.78, 5) is 38.4. The first-order valence-electron chi connectivity index (χ1n) is 11.3. The van der Waals surface area contributed by atoms with Crippen LogP contribution in [-0.4, -0.2) is 64.1 Å². The van der Waals surface area contributed by atoms with Gasteiger partial charge in [-0.15, -0.1) is 0 Å². The van der Waals surface area contributed by atoms with E-state index >= 15 is 0 Å². The van der Waals surface area contributed by atoms with Gasteiger partial charge in [0, 0.05) is 31.6 Å². The fourth-order valence-electron chi connectivity index (χ4n) is 6.86. The average molecular weight is 451 g/mol. The lowest BCUT2D eigenvalue weighted by molar-refractivity contribution is -0.327. The van der Waals surface area contributed by atoms with Crippen molar-refractivity contribution in [3.05, 3.63) is 11.1 Å². The Morgan fingerprint density at radius 2 is 1.81 bits per heavy atom. The molecule has 0 radical (unpaired) electrons. The first-order chi connectivity index (χ1) is 14.7. The standard InChI is InChI=1S/C24H34O8/c1-12-7-8-23(29)10-15-22(6,16(27)9-17-24(15,11-30-17)32-14(3)26)20(28)19(31-13(2)25)18(12)21(23,4)5/h15-17,19,27,29H,7-11H2,1-6H3/t15?,16-,17?,19+,22-,23+,24?/m0/s1. The molecule has 1 heterocycles. The maximum Gasteiger partial charge on any atom is 0.303 e. The molecule has 4 rings (SSSR count). The van der Waals surface area contributed by atoms with E-state index in [4.69, 9.17) is 14.2 Å². The third kappa shape index (κ3) is 2.88. The second-order valence-corrected chi connectivity index (χ2v) is 10.8. The van der Waals surface area contributed by atoms with E-state index in [2.05, 4.69) is 0 Å². The lowest BCUT2D eigenvalue weighted by atomic mass is 9.46. The van der Waals surface area contributed by atoms with Crippen LogP contribution in [-0.2, 0) is 28.6 Å². The molecule has 0 spiro atoms. The van der Waals surface area contributed by atoms with E-state index in [-0.39, 0.29) is 19.4 Å². The Labute approximate surface area is 188 Å². The number of hydrogen-bond donors (Lipinski definition) is 2. The summed E-state index contributed by atoms with van der Waals surface area (Å²) in [5.74, 6) is -2.25. The molecule has 2 saturated carbocycles. The Kier molecular flexibility index (Phi) is 5.20. The fourth-order valence-corrected chi connectivity index (χ4v) is 6.86. The van der Waals surface area contributed by atoms with E-state index in [1.54, 1.807) is 6.92 Å². The molecule has 1 saturated heterocycles. The molecule has 7 atom stereocenters. The molecule has 4 aliphatic rings. The van der Waals surface area contributed by atoms with Gasteiger partial charge >= 0.3 is 11.9 Å². The van der Waals surface area contributed by atoms with Gasteiger partial charge in [-0.3, -0.25) is 14.4 Å². The number of esters is 2. The minimum atomic E-state index is -1.41. The molecular formula is C24H34O8. The van der Waals surface area contributed by atoms with Gasteiger partial charge in [0.2, 0.25) is 0 Å². The third-order valence-corrected chi connectivity index (χ3v) is 8.90. The van der Waals surface area contributed by atoms with Crippen molar-refractivity contribution in [1.29, 1.82) is 0 Å². The Morgan fingerprint density at radius 1 is 1.16 bits per heavy atom. The topological polar surface area (TPSA) is 119 Å². The molecule has 0 aromatic rings. The normalized spacial score (nSPS) is 44.9. The number of aliphatic hydroxyl groups is 2. The molecule has 3 aliphatic carbocycles. The molecule has 2 bridgehead atoms. The van der Waals surface area contributed by atoms with E-state index in [1.165, 1.54) is 13.8 Å². The second-order valence-electron chi connectivity index (χ2n) is 10.8. The van der Waals surface area contributed by atoms with E-state index in [0.29, 0.717) is 18.4 Å². The van der Waals surface area contributed by atoms with Crippen molar-refractivity contribution in [1.82, 2.24) is 0 Å². The first kappa shape index (κ1) is 23.4. The maximum atomic E-state index is 14.2. The molecule has 8 nitrogen and oxygen atoms in total. The van der Waals surface area contributed by atoms with Crippen LogP contribution in [0, 0.1) is 16.7 Å². The third-order valence-electron chi connectivity index (χ3n) is 8.90. The van der Waals surface area contributed by atoms with Crippen molar-refractivity contribution in [3.63, 3.8) is 0 Å². The van der Waals surface area contributed by atoms with Crippen LogP contribution in [0.25, 0.3) is 0 Å². The zero-order valence-electron chi connectivity index (χ0n) is 19.7. The Balaban J connectivity index is 1.97. The summed E-state index contributed by atoms with van der Waals surface area (Å²) in [6.07, 6.45) is -1.66. The highest BCUT2D eigenvalue weighted by Gasteiger charge is 2.73. The number of ether oxygens (including phenoxy) is 3. The SMILES string of the molecule is CC(=O)O[C@H]1C(=O)[C@@]2(C)C(C[C@]3(O)CCC(C)=C1C3(C)C)C1(OC(C)=O)COC1C[C@@H]2O. The van der Waals surface area contributed by atoms with Gasteiger partial charge in [0.05, 0.1) is 23.7 Å². The highest BCUT2D eigenvalue weighted by Crippen LogP contribution is 2.63. The van der Waals surface area contributed by atoms with Gasteiger partial charge in [-0.25, -0.2) is 0 Å². The number of carbonyl (C=O) groups excluding carboxylic acids is 3. The largest absolute Gasteiger partial charge is 0.454 e. The second kappa shape index (κ2) is 7.11. The summed E-state index contributed by atoms with van der Waals surface area (Å²) in [5, 5.41) is 23.3. The van der Waals surface area contributed by atoms with Gasteiger partial charge in [0.25, 0.3) is 0 Å². The van der Waals surface area contributed by atoms with Crippen LogP contribution in [0.3, 0.4) is 0 Å². The van der Waals surface area contributed by atoms with Crippen LogP contribution in [0.5, 0.6) is 0 Å². The van der Waals surface area contributed by atoms with Crippen molar-refractivity contribution in [2.24, 2.45) is 16.7 Å². The van der Waals surface area contributed by atoms with Gasteiger partial charge in [-0.05, 0) is 38.7 Å². The summed E-state index contributed by atoms with van der Waals surface area (Å²) in [6.45, 7) is 9.92. The summed E-state index contributed by atoms with van der Waals surface area (Å²) in [5.41, 5.74) is -3.18. The van der Waals surface area contributed by atoms with Crippen LogP contribution in [0.2, 0.25) is 0 Å². The molecule has 178 valence electrons. The number of rotatable bonds is 2. The minimum absolute atomic E-state index is 0.0912. The molecule has 0 amide bonds. The predicted octanol–water partition coefficient (Wildman–Crippen LogP) is 1.85. The fraction of sp³-hybridized carbons (Fsp3) is 0.792. The van der Waals surface area contributed by atoms with Crippen molar-refractivity contribution >= 4 is 17.7 Å². The average Bonchev–Trinajstić information content (AvgIpc) is 2.67. The molecule has 32 heavy (non-hydrogen) atoms. The van der Waals surface area contributed by atoms with Gasteiger partial charge in [0.1, 0.15) is 6.10 Å². The first-order valence-corrected chi connectivity index (χ1v) is 11.3. The van der Waals surface area contributed by atoms with Crippen LogP contribution in [0.4, 0.5) is 0 Å². The smallest absolute Gasteiger partial charge is 0.303 e. The van der Waals surface area contributed by atoms with Gasteiger partial charge in [-0.2, -0.15) is 0 Å². The Morgan fingerprint density at radius 3 is 2.34 bits per heavy atom. The monoisotopic (exact) mass is 450 g/mol. The number of allylic oxidation sites excluding steroid dienone is 1. The highest BCUT2D eigenvalue weighted by atomic mass is 16.6. The van der Waals surface area contributed by atoms with Crippen molar-refractivity contribution in [2.45, 2.75) is 96.7 Å². The Hall–Kier alpha value is -1.77. The van der Waals surface area contributed by atoms with E-state index in [9.17, 15) is 24.6 Å². The summed E-state index contributed by atoms with van der Waals surface area (Å²) in [7, 11) is 0. The van der Waals surface area contributed by atoms with Gasteiger partial charge < -0.3 is 24.4 Å². The molecule has 8 heteroatoms. The van der Waals surface area contributed by atoms with E-state index < -0.39 is 64.0 Å². The molecule has 3 fully saturated rings. The van der Waals surface area contributed by atoms with Crippen molar-refractivity contribution in [3.8, 4) is 0 Å². The number of carbonyl (C=O) groups is 3. The van der Waals surface area contributed by atoms with Gasteiger partial charge in [0.15, 0.2) is 17.5 Å². The predicted molar refractivity (Wildman–Crippen MR) is 112 cm³/mol. The maximum absolute atomic E-state index is 14.2. The number of fused-ring (bicyclic) bond motifs is 5. The lowest BCUT2D eigenvalue weighted by Crippen LogP contribution is -2.77. The molecular weight excluding hydrogens is 416 g/mol. The van der Waals surface area contributed by atoms with Gasteiger partial charge in [-0.1, -0.05) is 19.4 Å². The zero-order valence-corrected chi connectivity index (χ0v) is 19.7. The van der Waals surface area contributed by atoms with Crippen LogP contribution in [0.15, 0.2) is 11.1 Å². The molecule has 1 aliphatic heterocycles. The Bertz CT molecular complexity index is 906. The van der Waals surface area contributed by atoms with Crippen LogP contribution < -0.4 is 0 Å². The summed E-state index contributed by atoms with van der Waals surface area (Å²) in [6, 6.07) is 0. The van der Waals surface area contributed by atoms with Crippen molar-refractivity contribution in [2.75, 3.05) is 6.61 Å². The van der Waals surface area contributed by atoms with Crippen LogP contribution >= 0.6 is 0 Å². The summed E-state index contributed by atoms with van der Waals surface area (Å²) >= 11 is 0. The zero-order chi connectivity index (χ0) is 23.9. The lowest BCUT2D eigenvalue weighted by Gasteiger charge is -2.65. The minimum Gasteiger partial charge on any atom is -0.454 e. The number of Topliss-reactive ketones (excluding diaryl/α,β-unsaturated/α-hetero) is 1. The number of ketones is 1. The summed E-state index contributed by atoms with van der Waals surface area (Å²) < 4.78 is 17.1. The molecule has 0 aromatic carbocycles. The number of aliphatic hydroxyl groups excluding tert-OH is 1. The van der Waals surface area contributed by atoms with Crippen molar-refractivity contribution < 1.29 is 38.8 Å². The quantitative estimate of drug-likeness (QED) is 0.483. The number of hydrogen-bond acceptors (Lipinski definition) is 8.